The zero-order valence-corrected chi connectivity index (χ0v) is 17.0. The predicted molar refractivity (Wildman–Crippen MR) is 114 cm³/mol. The molecule has 1 aromatic carbocycles. The number of aryl methyl sites for hydroxylation is 2. The molecule has 0 spiro atoms. The lowest BCUT2D eigenvalue weighted by atomic mass is 9.90. The molecule has 0 radical (unpaired) electrons. The summed E-state index contributed by atoms with van der Waals surface area (Å²) in [7, 11) is 2.08. The number of nitrogens with zero attached hydrogens (tertiary/aromatic N) is 3. The SMILES string of the molecule is Cn1ccc2cccc(-c3cc(CCC4CCN(C(=O)CCl)CC4)ccn3)c21. The number of benzene rings is 1. The van der Waals surface area contributed by atoms with E-state index >= 15 is 0 Å². The summed E-state index contributed by atoms with van der Waals surface area (Å²) < 4.78 is 2.16. The number of halogens is 1. The summed E-state index contributed by atoms with van der Waals surface area (Å²) in [5.74, 6) is 0.833. The van der Waals surface area contributed by atoms with Gasteiger partial charge < -0.3 is 9.47 Å². The second kappa shape index (κ2) is 8.36. The third-order valence-corrected chi connectivity index (χ3v) is 6.15. The van der Waals surface area contributed by atoms with Crippen LogP contribution in [0.25, 0.3) is 22.2 Å². The first kappa shape index (κ1) is 19.0. The summed E-state index contributed by atoms with van der Waals surface area (Å²) in [6, 6.07) is 12.9. The van der Waals surface area contributed by atoms with Crippen LogP contribution < -0.4 is 0 Å². The number of aromatic nitrogens is 2. The maximum atomic E-state index is 11.7. The Bertz CT molecular complexity index is 973. The number of para-hydroxylation sites is 1. The Morgan fingerprint density at radius 1 is 1.21 bits per heavy atom. The van der Waals surface area contributed by atoms with E-state index in [1.807, 2.05) is 11.1 Å². The molecule has 1 aliphatic rings. The summed E-state index contributed by atoms with van der Waals surface area (Å²) in [4.78, 5) is 18.2. The standard InChI is InChI=1S/C23H26ClN3O/c1-26-12-10-19-3-2-4-20(23(19)26)21-15-18(7-11-25-21)6-5-17-8-13-27(14-9-17)22(28)16-24/h2-4,7,10-12,15,17H,5-6,8-9,13-14,16H2,1H3. The fraction of sp³-hybridized carbons (Fsp3) is 0.391. The normalized spacial score (nSPS) is 15.3. The minimum Gasteiger partial charge on any atom is -0.350 e. The van der Waals surface area contributed by atoms with Gasteiger partial charge in [0.1, 0.15) is 5.88 Å². The van der Waals surface area contributed by atoms with Crippen LogP contribution in [0.1, 0.15) is 24.8 Å². The lowest BCUT2D eigenvalue weighted by molar-refractivity contribution is -0.129. The van der Waals surface area contributed by atoms with Gasteiger partial charge in [0.25, 0.3) is 0 Å². The average molecular weight is 396 g/mol. The zero-order chi connectivity index (χ0) is 19.5. The number of likely N-dealkylation sites (tertiary alicyclic amines) is 1. The summed E-state index contributed by atoms with van der Waals surface area (Å²) in [5.41, 5.74) is 4.77. The van der Waals surface area contributed by atoms with Crippen LogP contribution in [0.15, 0.2) is 48.8 Å². The number of pyridine rings is 1. The number of carbonyl (C=O) groups is 1. The van der Waals surface area contributed by atoms with Crippen LogP contribution in [0, 0.1) is 5.92 Å². The third-order valence-electron chi connectivity index (χ3n) is 5.92. The van der Waals surface area contributed by atoms with Gasteiger partial charge in [0.15, 0.2) is 0 Å². The van der Waals surface area contributed by atoms with Gasteiger partial charge in [0, 0.05) is 43.5 Å². The Hall–Kier alpha value is -2.33. The van der Waals surface area contributed by atoms with E-state index in [9.17, 15) is 4.79 Å². The largest absolute Gasteiger partial charge is 0.350 e. The Labute approximate surface area is 171 Å². The van der Waals surface area contributed by atoms with Crippen LogP contribution in [0.5, 0.6) is 0 Å². The van der Waals surface area contributed by atoms with Crippen LogP contribution >= 0.6 is 11.6 Å². The molecule has 4 nitrogen and oxygen atoms in total. The second-order valence-electron chi connectivity index (χ2n) is 7.72. The van der Waals surface area contributed by atoms with Crippen molar-refractivity contribution in [1.29, 1.82) is 0 Å². The van der Waals surface area contributed by atoms with E-state index in [-0.39, 0.29) is 11.8 Å². The van der Waals surface area contributed by atoms with Crippen LogP contribution in [0.2, 0.25) is 0 Å². The van der Waals surface area contributed by atoms with Crippen LogP contribution in [-0.2, 0) is 18.3 Å². The van der Waals surface area contributed by atoms with Crippen molar-refractivity contribution >= 4 is 28.4 Å². The molecule has 0 saturated carbocycles. The molecule has 1 saturated heterocycles. The van der Waals surface area contributed by atoms with E-state index < -0.39 is 0 Å². The second-order valence-corrected chi connectivity index (χ2v) is 7.98. The highest BCUT2D eigenvalue weighted by Crippen LogP contribution is 2.29. The van der Waals surface area contributed by atoms with Gasteiger partial charge in [-0.05, 0) is 55.4 Å². The number of hydrogen-bond acceptors (Lipinski definition) is 2. The number of fused-ring (bicyclic) bond motifs is 1. The molecule has 0 N–H and O–H groups in total. The van der Waals surface area contributed by atoms with Crippen molar-refractivity contribution in [1.82, 2.24) is 14.5 Å². The van der Waals surface area contributed by atoms with Crippen LogP contribution in [0.4, 0.5) is 0 Å². The maximum absolute atomic E-state index is 11.7. The first-order valence-electron chi connectivity index (χ1n) is 9.99. The minimum atomic E-state index is 0.0637. The van der Waals surface area contributed by atoms with E-state index in [1.54, 1.807) is 0 Å². The molecule has 3 aromatic rings. The maximum Gasteiger partial charge on any atom is 0.237 e. The molecule has 1 amide bonds. The quantitative estimate of drug-likeness (QED) is 0.590. The molecule has 4 rings (SSSR count). The van der Waals surface area contributed by atoms with E-state index in [4.69, 9.17) is 11.6 Å². The van der Waals surface area contributed by atoms with Crippen molar-refractivity contribution < 1.29 is 4.79 Å². The van der Waals surface area contributed by atoms with Crippen LogP contribution in [-0.4, -0.2) is 39.3 Å². The summed E-state index contributed by atoms with van der Waals surface area (Å²) >= 11 is 5.67. The van der Waals surface area contributed by atoms with Crippen molar-refractivity contribution in [2.45, 2.75) is 25.7 Å². The fourth-order valence-electron chi connectivity index (χ4n) is 4.27. The topological polar surface area (TPSA) is 38.1 Å². The Morgan fingerprint density at radius 2 is 2.04 bits per heavy atom. The number of alkyl halides is 1. The first-order valence-corrected chi connectivity index (χ1v) is 10.5. The highest BCUT2D eigenvalue weighted by atomic mass is 35.5. The molecule has 0 unspecified atom stereocenters. The predicted octanol–water partition coefficient (Wildman–Crippen LogP) is 4.65. The van der Waals surface area contributed by atoms with Gasteiger partial charge in [-0.3, -0.25) is 9.78 Å². The molecule has 3 heterocycles. The fourth-order valence-corrected chi connectivity index (χ4v) is 4.44. The highest BCUT2D eigenvalue weighted by Gasteiger charge is 2.22. The van der Waals surface area contributed by atoms with Crippen molar-refractivity contribution in [2.24, 2.45) is 13.0 Å². The lowest BCUT2D eigenvalue weighted by Crippen LogP contribution is -2.39. The molecule has 0 atom stereocenters. The average Bonchev–Trinajstić information content (AvgIpc) is 3.13. The first-order chi connectivity index (χ1) is 13.7. The minimum absolute atomic E-state index is 0.0637. The summed E-state index contributed by atoms with van der Waals surface area (Å²) in [6.07, 6.45) is 8.37. The zero-order valence-electron chi connectivity index (χ0n) is 16.3. The van der Waals surface area contributed by atoms with E-state index in [1.165, 1.54) is 22.0 Å². The molecule has 28 heavy (non-hydrogen) atoms. The lowest BCUT2D eigenvalue weighted by Gasteiger charge is -2.31. The van der Waals surface area contributed by atoms with Crippen molar-refractivity contribution in [3.8, 4) is 11.3 Å². The van der Waals surface area contributed by atoms with Gasteiger partial charge in [0.05, 0.1) is 11.2 Å². The van der Waals surface area contributed by atoms with Gasteiger partial charge >= 0.3 is 0 Å². The highest BCUT2D eigenvalue weighted by molar-refractivity contribution is 6.27. The van der Waals surface area contributed by atoms with Gasteiger partial charge in [-0.25, -0.2) is 0 Å². The third kappa shape index (κ3) is 3.93. The van der Waals surface area contributed by atoms with Gasteiger partial charge in [-0.15, -0.1) is 11.6 Å². The molecule has 0 aliphatic carbocycles. The Balaban J connectivity index is 1.44. The Morgan fingerprint density at radius 3 is 2.82 bits per heavy atom. The van der Waals surface area contributed by atoms with Gasteiger partial charge in [-0.2, -0.15) is 0 Å². The van der Waals surface area contributed by atoms with Crippen molar-refractivity contribution in [3.05, 3.63) is 54.4 Å². The van der Waals surface area contributed by atoms with E-state index in [2.05, 4.69) is 59.2 Å². The molecule has 2 aromatic heterocycles. The van der Waals surface area contributed by atoms with Crippen molar-refractivity contribution in [2.75, 3.05) is 19.0 Å². The molecule has 1 aliphatic heterocycles. The molecular formula is C23H26ClN3O. The van der Waals surface area contributed by atoms with Crippen molar-refractivity contribution in [3.63, 3.8) is 0 Å². The molecule has 0 bridgehead atoms. The molecule has 1 fully saturated rings. The smallest absolute Gasteiger partial charge is 0.237 e. The summed E-state index contributed by atoms with van der Waals surface area (Å²) in [6.45, 7) is 1.68. The number of amides is 1. The van der Waals surface area contributed by atoms with Crippen LogP contribution in [0.3, 0.4) is 0 Å². The summed E-state index contributed by atoms with van der Waals surface area (Å²) in [5, 5.41) is 1.24. The number of hydrogen-bond donors (Lipinski definition) is 0. The molecular weight excluding hydrogens is 370 g/mol. The molecule has 146 valence electrons. The number of carbonyl (C=O) groups excluding carboxylic acids is 1. The number of piperidine rings is 1. The van der Waals surface area contributed by atoms with Gasteiger partial charge in [-0.1, -0.05) is 18.2 Å². The van der Waals surface area contributed by atoms with E-state index in [0.29, 0.717) is 5.92 Å². The molecule has 5 heteroatoms. The van der Waals surface area contributed by atoms with Gasteiger partial charge in [0.2, 0.25) is 5.91 Å². The Kier molecular flexibility index (Phi) is 5.67. The number of rotatable bonds is 5. The monoisotopic (exact) mass is 395 g/mol. The van der Waals surface area contributed by atoms with E-state index in [0.717, 1.165) is 44.5 Å².